The number of hydrogen-bond acceptors (Lipinski definition) is 5. The van der Waals surface area contributed by atoms with Gasteiger partial charge < -0.3 is 10.5 Å². The summed E-state index contributed by atoms with van der Waals surface area (Å²) in [5.41, 5.74) is 6.05. The summed E-state index contributed by atoms with van der Waals surface area (Å²) >= 11 is 3.31. The van der Waals surface area contributed by atoms with Crippen LogP contribution in [0, 0.1) is 24.7 Å². The Morgan fingerprint density at radius 3 is 2.31 bits per heavy atom. The first kappa shape index (κ1) is 34.5. The second-order valence-electron chi connectivity index (χ2n) is 10.4. The number of halogens is 4. The van der Waals surface area contributed by atoms with Crippen molar-refractivity contribution in [2.24, 2.45) is 23.5 Å². The fourth-order valence-electron chi connectivity index (χ4n) is 3.80. The molecule has 2 unspecified atom stereocenters. The van der Waals surface area contributed by atoms with E-state index in [1.54, 1.807) is 13.3 Å². The van der Waals surface area contributed by atoms with Crippen molar-refractivity contribution >= 4 is 28.1 Å². The lowest BCUT2D eigenvalue weighted by molar-refractivity contribution is -0.141. The Hall–Kier alpha value is -2.49. The van der Waals surface area contributed by atoms with Crippen molar-refractivity contribution in [2.45, 2.75) is 85.2 Å². The quantitative estimate of drug-likeness (QED) is 0.274. The van der Waals surface area contributed by atoms with Gasteiger partial charge in [0.25, 0.3) is 0 Å². The number of aldehydes is 1. The van der Waals surface area contributed by atoms with Gasteiger partial charge in [0.05, 0.1) is 12.8 Å². The smallest absolute Gasteiger partial charge is 0.433 e. The molecule has 2 aromatic heterocycles. The Kier molecular flexibility index (Phi) is 14.7. The highest BCUT2D eigenvalue weighted by Crippen LogP contribution is 2.41. The summed E-state index contributed by atoms with van der Waals surface area (Å²) in [5, 5.41) is 0. The number of carbonyl (C=O) groups is 2. The number of rotatable bonds is 10. The molecule has 2 heterocycles. The third kappa shape index (κ3) is 12.9. The lowest BCUT2D eigenvalue weighted by Gasteiger charge is -2.17. The van der Waals surface area contributed by atoms with Crippen molar-refractivity contribution in [3.05, 3.63) is 51.4 Å². The summed E-state index contributed by atoms with van der Waals surface area (Å²) in [6.07, 6.45) is 3.67. The molecule has 39 heavy (non-hydrogen) atoms. The zero-order valence-corrected chi connectivity index (χ0v) is 25.2. The molecule has 1 aliphatic rings. The Bertz CT molecular complexity index is 1060. The molecule has 6 nitrogen and oxygen atoms in total. The molecule has 218 valence electrons. The molecule has 3 rings (SSSR count). The molecule has 2 atom stereocenters. The summed E-state index contributed by atoms with van der Waals surface area (Å²) in [4.78, 5) is 29.3. The van der Waals surface area contributed by atoms with Gasteiger partial charge >= 0.3 is 6.18 Å². The van der Waals surface area contributed by atoms with E-state index in [-0.39, 0.29) is 23.3 Å². The minimum atomic E-state index is -4.44. The molecule has 1 fully saturated rings. The average molecular weight is 617 g/mol. The number of nitrogens with zero attached hydrogens (tertiary/aromatic N) is 2. The van der Waals surface area contributed by atoms with Crippen LogP contribution in [0.1, 0.15) is 99.4 Å². The third-order valence-electron chi connectivity index (χ3n) is 6.39. The highest BCUT2D eigenvalue weighted by molar-refractivity contribution is 9.10. The number of nitrogens with two attached hydrogens (primary N) is 1. The second-order valence-corrected chi connectivity index (χ2v) is 11.3. The molecule has 0 radical (unpaired) electrons. The van der Waals surface area contributed by atoms with Crippen molar-refractivity contribution in [1.82, 2.24) is 9.97 Å². The van der Waals surface area contributed by atoms with E-state index in [2.05, 4.69) is 53.6 Å². The number of methoxy groups -OCH3 is 1. The van der Waals surface area contributed by atoms with E-state index in [1.165, 1.54) is 12.5 Å². The van der Waals surface area contributed by atoms with Gasteiger partial charge in [-0.3, -0.25) is 9.59 Å². The van der Waals surface area contributed by atoms with Crippen LogP contribution in [0.2, 0.25) is 0 Å². The number of amides is 1. The van der Waals surface area contributed by atoms with Gasteiger partial charge in [0.1, 0.15) is 5.69 Å². The Morgan fingerprint density at radius 1 is 1.23 bits per heavy atom. The van der Waals surface area contributed by atoms with E-state index < -0.39 is 11.9 Å². The topological polar surface area (TPSA) is 95.2 Å². The second kappa shape index (κ2) is 16.6. The van der Waals surface area contributed by atoms with Gasteiger partial charge in [-0.15, -0.1) is 0 Å². The van der Waals surface area contributed by atoms with Crippen molar-refractivity contribution < 1.29 is 27.5 Å². The van der Waals surface area contributed by atoms with E-state index in [0.717, 1.165) is 48.2 Å². The molecule has 0 aromatic carbocycles. The minimum Gasteiger partial charge on any atom is -0.481 e. The number of hydrogen-bond donors (Lipinski definition) is 1. The molecule has 1 amide bonds. The van der Waals surface area contributed by atoms with Crippen LogP contribution >= 0.6 is 15.9 Å². The molecule has 1 saturated carbocycles. The predicted molar refractivity (Wildman–Crippen MR) is 151 cm³/mol. The maximum atomic E-state index is 12.3. The lowest BCUT2D eigenvalue weighted by Crippen LogP contribution is -2.25. The van der Waals surface area contributed by atoms with Crippen molar-refractivity contribution in [1.29, 1.82) is 0 Å². The summed E-state index contributed by atoms with van der Waals surface area (Å²) in [7, 11) is 1.61. The van der Waals surface area contributed by atoms with E-state index in [1.807, 2.05) is 13.0 Å². The first-order valence-electron chi connectivity index (χ1n) is 13.2. The largest absolute Gasteiger partial charge is 0.481 e. The Morgan fingerprint density at radius 2 is 1.87 bits per heavy atom. The molecular formula is C29H41BrF3N3O3. The van der Waals surface area contributed by atoms with Gasteiger partial charge in [-0.1, -0.05) is 34.1 Å². The summed E-state index contributed by atoms with van der Waals surface area (Å²) in [6, 6.07) is 4.00. The first-order chi connectivity index (χ1) is 18.2. The van der Waals surface area contributed by atoms with Gasteiger partial charge in [-0.25, -0.2) is 9.97 Å². The molecule has 10 heteroatoms. The molecule has 2 aromatic rings. The monoisotopic (exact) mass is 615 g/mol. The average Bonchev–Trinajstić information content (AvgIpc) is 3.71. The van der Waals surface area contributed by atoms with Crippen LogP contribution < -0.4 is 10.5 Å². The van der Waals surface area contributed by atoms with Crippen LogP contribution in [0.5, 0.6) is 5.88 Å². The van der Waals surface area contributed by atoms with Crippen molar-refractivity contribution in [3.8, 4) is 5.88 Å². The van der Waals surface area contributed by atoms with Gasteiger partial charge in [0, 0.05) is 33.6 Å². The number of alkyl halides is 3. The number of ether oxygens (including phenoxy) is 1. The normalized spacial score (nSPS) is 14.3. The van der Waals surface area contributed by atoms with E-state index in [4.69, 9.17) is 10.5 Å². The first-order valence-corrected chi connectivity index (χ1v) is 14.0. The SMILES string of the molecule is CCC(C)CCC(CC(C)C)C(N)=O.COc1ncc(Br)cc1C.O=Cc1ccc(C(F)(F)F)nc1C1CC1. The van der Waals surface area contributed by atoms with Gasteiger partial charge in [0.2, 0.25) is 11.8 Å². The number of aryl methyl sites for hydroxylation is 1. The number of pyridine rings is 2. The van der Waals surface area contributed by atoms with Crippen LogP contribution in [0.4, 0.5) is 13.2 Å². The van der Waals surface area contributed by atoms with E-state index >= 15 is 0 Å². The Labute approximate surface area is 238 Å². The van der Waals surface area contributed by atoms with Crippen LogP contribution in [-0.2, 0) is 11.0 Å². The molecular weight excluding hydrogens is 575 g/mol. The number of primary amides is 1. The highest BCUT2D eigenvalue weighted by Gasteiger charge is 2.35. The van der Waals surface area contributed by atoms with Crippen molar-refractivity contribution in [3.63, 3.8) is 0 Å². The lowest BCUT2D eigenvalue weighted by atomic mass is 9.89. The summed E-state index contributed by atoms with van der Waals surface area (Å²) < 4.78 is 43.0. The van der Waals surface area contributed by atoms with E-state index in [0.29, 0.717) is 29.7 Å². The molecule has 0 aliphatic heterocycles. The number of carbonyl (C=O) groups excluding carboxylic acids is 2. The fourth-order valence-corrected chi connectivity index (χ4v) is 4.25. The van der Waals surface area contributed by atoms with Gasteiger partial charge in [-0.05, 0) is 85.0 Å². The highest BCUT2D eigenvalue weighted by atomic mass is 79.9. The van der Waals surface area contributed by atoms with Crippen LogP contribution in [0.3, 0.4) is 0 Å². The van der Waals surface area contributed by atoms with Crippen LogP contribution in [0.15, 0.2) is 28.9 Å². The number of aromatic nitrogens is 2. The van der Waals surface area contributed by atoms with E-state index in [9.17, 15) is 22.8 Å². The molecule has 1 aliphatic carbocycles. The fraction of sp³-hybridized carbons (Fsp3) is 0.586. The molecule has 0 spiro atoms. The standard InChI is InChI=1S/C12H25NO.C10H8F3NO.C7H8BrNO/c1-5-10(4)6-7-11(12(13)14)8-9(2)3;11-10(12,13)8-4-3-7(5-15)9(14-8)6-1-2-6;1-5-3-6(8)4-9-7(5)10-2/h9-11H,5-8H2,1-4H3,(H2,13,14);3-6H,1-2H2;3-4H,1-2H3. The zero-order valence-electron chi connectivity index (χ0n) is 23.6. The van der Waals surface area contributed by atoms with Gasteiger partial charge in [0.15, 0.2) is 6.29 Å². The summed E-state index contributed by atoms with van der Waals surface area (Å²) in [5.74, 6) is 1.95. The van der Waals surface area contributed by atoms with Crippen molar-refractivity contribution in [2.75, 3.05) is 7.11 Å². The van der Waals surface area contributed by atoms with Crippen LogP contribution in [-0.4, -0.2) is 29.3 Å². The molecule has 2 N–H and O–H groups in total. The maximum absolute atomic E-state index is 12.3. The minimum absolute atomic E-state index is 0.0347. The zero-order chi connectivity index (χ0) is 29.8. The molecule has 0 saturated heterocycles. The maximum Gasteiger partial charge on any atom is 0.433 e. The predicted octanol–water partition coefficient (Wildman–Crippen LogP) is 7.91. The van der Waals surface area contributed by atoms with Crippen LogP contribution in [0.25, 0.3) is 0 Å². The van der Waals surface area contributed by atoms with Gasteiger partial charge in [-0.2, -0.15) is 13.2 Å². The molecule has 0 bridgehead atoms. The Balaban J connectivity index is 0.000000299. The summed E-state index contributed by atoms with van der Waals surface area (Å²) in [6.45, 7) is 10.6. The third-order valence-corrected chi connectivity index (χ3v) is 6.83.